The van der Waals surface area contributed by atoms with Gasteiger partial charge in [0.2, 0.25) is 0 Å². The molecule has 0 atom stereocenters. The molecule has 2 aromatic rings. The number of rotatable bonds is 4. The Morgan fingerprint density at radius 2 is 1.78 bits per heavy atom. The molecule has 0 radical (unpaired) electrons. The van der Waals surface area contributed by atoms with Crippen LogP contribution >= 0.6 is 22.9 Å². The molecule has 0 spiro atoms. The summed E-state index contributed by atoms with van der Waals surface area (Å²) in [5.74, 6) is 0.858. The van der Waals surface area contributed by atoms with Crippen LogP contribution in [0, 0.1) is 13.8 Å². The van der Waals surface area contributed by atoms with Crippen molar-refractivity contribution in [2.24, 2.45) is 5.73 Å². The van der Waals surface area contributed by atoms with Crippen molar-refractivity contribution in [1.29, 1.82) is 0 Å². The van der Waals surface area contributed by atoms with Crippen LogP contribution in [-0.2, 0) is 13.2 Å². The molecule has 0 aliphatic heterocycles. The minimum atomic E-state index is 0.575. The molecule has 18 heavy (non-hydrogen) atoms. The number of hydrogen-bond acceptors (Lipinski definition) is 3. The highest BCUT2D eigenvalue weighted by molar-refractivity contribution is 7.11. The van der Waals surface area contributed by atoms with Gasteiger partial charge in [0, 0.05) is 21.3 Å². The molecule has 0 saturated carbocycles. The normalized spacial score (nSPS) is 10.7. The van der Waals surface area contributed by atoms with Crippen LogP contribution in [0.2, 0.25) is 5.02 Å². The van der Waals surface area contributed by atoms with Crippen LogP contribution in [0.25, 0.3) is 0 Å². The summed E-state index contributed by atoms with van der Waals surface area (Å²) in [4.78, 5) is 2.36. The van der Waals surface area contributed by atoms with E-state index >= 15 is 0 Å². The Morgan fingerprint density at radius 3 is 2.33 bits per heavy atom. The minimum Gasteiger partial charge on any atom is -0.488 e. The standard InChI is InChI=1S/C14H16ClNOS/c1-9-5-11(6-10(2)14(9)15)17-8-13-4-3-12(7-16)18-13/h3-6H,7-8,16H2,1-2H3. The highest BCUT2D eigenvalue weighted by Gasteiger charge is 2.05. The number of halogens is 1. The van der Waals surface area contributed by atoms with Gasteiger partial charge in [-0.25, -0.2) is 0 Å². The van der Waals surface area contributed by atoms with E-state index in [9.17, 15) is 0 Å². The molecule has 2 N–H and O–H groups in total. The molecule has 2 nitrogen and oxygen atoms in total. The van der Waals surface area contributed by atoms with Gasteiger partial charge in [0.15, 0.2) is 0 Å². The fraction of sp³-hybridized carbons (Fsp3) is 0.286. The zero-order valence-corrected chi connectivity index (χ0v) is 12.1. The number of aryl methyl sites for hydroxylation is 2. The van der Waals surface area contributed by atoms with Gasteiger partial charge in [-0.3, -0.25) is 0 Å². The lowest BCUT2D eigenvalue weighted by Crippen LogP contribution is -1.94. The monoisotopic (exact) mass is 281 g/mol. The van der Waals surface area contributed by atoms with E-state index in [2.05, 4.69) is 6.07 Å². The largest absolute Gasteiger partial charge is 0.488 e. The molecule has 0 aliphatic rings. The van der Waals surface area contributed by atoms with Crippen molar-refractivity contribution in [1.82, 2.24) is 0 Å². The summed E-state index contributed by atoms with van der Waals surface area (Å²) in [5, 5.41) is 0.809. The van der Waals surface area contributed by atoms with Gasteiger partial charge in [-0.2, -0.15) is 0 Å². The second kappa shape index (κ2) is 5.74. The average Bonchev–Trinajstić information content (AvgIpc) is 2.81. The van der Waals surface area contributed by atoms with Crippen LogP contribution in [0.1, 0.15) is 20.9 Å². The average molecular weight is 282 g/mol. The van der Waals surface area contributed by atoms with E-state index in [0.717, 1.165) is 21.9 Å². The first-order valence-electron chi connectivity index (χ1n) is 5.77. The highest BCUT2D eigenvalue weighted by atomic mass is 35.5. The van der Waals surface area contributed by atoms with Crippen LogP contribution in [0.3, 0.4) is 0 Å². The van der Waals surface area contributed by atoms with Crippen LogP contribution in [0.5, 0.6) is 5.75 Å². The molecule has 1 heterocycles. The maximum absolute atomic E-state index is 6.12. The lowest BCUT2D eigenvalue weighted by Gasteiger charge is -2.09. The number of hydrogen-bond donors (Lipinski definition) is 1. The van der Waals surface area contributed by atoms with Gasteiger partial charge in [-0.1, -0.05) is 11.6 Å². The van der Waals surface area contributed by atoms with Gasteiger partial charge >= 0.3 is 0 Å². The molecule has 1 aromatic heterocycles. The molecular formula is C14H16ClNOS. The smallest absolute Gasteiger partial charge is 0.122 e. The molecular weight excluding hydrogens is 266 g/mol. The second-order valence-electron chi connectivity index (χ2n) is 4.23. The summed E-state index contributed by atoms with van der Waals surface area (Å²) < 4.78 is 5.78. The van der Waals surface area contributed by atoms with Crippen molar-refractivity contribution in [3.8, 4) is 5.75 Å². The number of thiophene rings is 1. The van der Waals surface area contributed by atoms with E-state index in [-0.39, 0.29) is 0 Å². The van der Waals surface area contributed by atoms with Crippen molar-refractivity contribution < 1.29 is 4.74 Å². The first kappa shape index (κ1) is 13.4. The van der Waals surface area contributed by atoms with Gasteiger partial charge < -0.3 is 10.5 Å². The number of nitrogens with two attached hydrogens (primary N) is 1. The molecule has 2 rings (SSSR count). The Kier molecular flexibility index (Phi) is 4.27. The molecule has 96 valence electrons. The Hall–Kier alpha value is -1.03. The quantitative estimate of drug-likeness (QED) is 0.917. The first-order chi connectivity index (χ1) is 8.60. The zero-order valence-electron chi connectivity index (χ0n) is 10.5. The van der Waals surface area contributed by atoms with Crippen LogP contribution in [0.4, 0.5) is 0 Å². The third kappa shape index (κ3) is 3.05. The van der Waals surface area contributed by atoms with E-state index in [4.69, 9.17) is 22.1 Å². The van der Waals surface area contributed by atoms with Crippen molar-refractivity contribution in [2.75, 3.05) is 0 Å². The SMILES string of the molecule is Cc1cc(OCc2ccc(CN)s2)cc(C)c1Cl. The van der Waals surface area contributed by atoms with Gasteiger partial charge in [0.1, 0.15) is 12.4 Å². The van der Waals surface area contributed by atoms with E-state index in [1.54, 1.807) is 11.3 Å². The summed E-state index contributed by atoms with van der Waals surface area (Å²) in [6.45, 7) is 5.13. The third-order valence-electron chi connectivity index (χ3n) is 2.71. The Bertz CT molecular complexity index is 527. The summed E-state index contributed by atoms with van der Waals surface area (Å²) in [7, 11) is 0. The van der Waals surface area contributed by atoms with Gasteiger partial charge in [0.25, 0.3) is 0 Å². The van der Waals surface area contributed by atoms with Crippen LogP contribution in [0.15, 0.2) is 24.3 Å². The minimum absolute atomic E-state index is 0.575. The lowest BCUT2D eigenvalue weighted by molar-refractivity contribution is 0.309. The molecule has 0 saturated heterocycles. The van der Waals surface area contributed by atoms with Crippen molar-refractivity contribution in [2.45, 2.75) is 27.0 Å². The Morgan fingerprint density at radius 1 is 1.17 bits per heavy atom. The molecule has 1 aromatic carbocycles. The van der Waals surface area contributed by atoms with Crippen molar-refractivity contribution in [3.63, 3.8) is 0 Å². The summed E-state index contributed by atoms with van der Waals surface area (Å²) >= 11 is 7.81. The van der Waals surface area contributed by atoms with Gasteiger partial charge in [0.05, 0.1) is 0 Å². The van der Waals surface area contributed by atoms with Gasteiger partial charge in [-0.05, 0) is 49.2 Å². The van der Waals surface area contributed by atoms with Crippen molar-refractivity contribution in [3.05, 3.63) is 50.2 Å². The van der Waals surface area contributed by atoms with E-state index in [1.807, 2.05) is 32.0 Å². The fourth-order valence-corrected chi connectivity index (χ4v) is 2.67. The molecule has 4 heteroatoms. The Labute approximate surface area is 116 Å². The predicted molar refractivity (Wildman–Crippen MR) is 77.5 cm³/mol. The molecule has 0 aliphatic carbocycles. The topological polar surface area (TPSA) is 35.2 Å². The highest BCUT2D eigenvalue weighted by Crippen LogP contribution is 2.27. The number of benzene rings is 1. The Balaban J connectivity index is 2.06. The molecule has 0 unspecified atom stereocenters. The molecule has 0 amide bonds. The van der Waals surface area contributed by atoms with Crippen LogP contribution in [-0.4, -0.2) is 0 Å². The molecule has 0 bridgehead atoms. The third-order valence-corrected chi connectivity index (χ3v) is 4.39. The fourth-order valence-electron chi connectivity index (χ4n) is 1.75. The van der Waals surface area contributed by atoms with E-state index in [0.29, 0.717) is 13.2 Å². The summed E-state index contributed by atoms with van der Waals surface area (Å²) in [6.07, 6.45) is 0. The van der Waals surface area contributed by atoms with E-state index < -0.39 is 0 Å². The lowest BCUT2D eigenvalue weighted by atomic mass is 10.1. The first-order valence-corrected chi connectivity index (χ1v) is 6.97. The van der Waals surface area contributed by atoms with Gasteiger partial charge in [-0.15, -0.1) is 11.3 Å². The van der Waals surface area contributed by atoms with E-state index in [1.165, 1.54) is 9.75 Å². The molecule has 0 fully saturated rings. The number of ether oxygens (including phenoxy) is 1. The van der Waals surface area contributed by atoms with Crippen molar-refractivity contribution >= 4 is 22.9 Å². The maximum Gasteiger partial charge on any atom is 0.122 e. The zero-order chi connectivity index (χ0) is 13.1. The summed E-state index contributed by atoms with van der Waals surface area (Å²) in [6, 6.07) is 8.03. The second-order valence-corrected chi connectivity index (χ2v) is 5.86. The maximum atomic E-state index is 6.12. The predicted octanol–water partition coefficient (Wildman–Crippen LogP) is 4.06. The summed E-state index contributed by atoms with van der Waals surface area (Å²) in [5.41, 5.74) is 7.67. The van der Waals surface area contributed by atoms with Crippen LogP contribution < -0.4 is 10.5 Å².